The van der Waals surface area contributed by atoms with Crippen molar-refractivity contribution in [3.8, 4) is 11.6 Å². The first-order chi connectivity index (χ1) is 8.28. The summed E-state index contributed by atoms with van der Waals surface area (Å²) in [7, 11) is 1.03. The second kappa shape index (κ2) is 4.85. The second-order valence-electron chi connectivity index (χ2n) is 2.82. The molecule has 18 heavy (non-hydrogen) atoms. The number of pyridine rings is 1. The molecule has 0 fully saturated rings. The van der Waals surface area contributed by atoms with E-state index in [1.165, 1.54) is 0 Å². The van der Waals surface area contributed by atoms with Gasteiger partial charge >= 0.3 is 18.1 Å². The van der Waals surface area contributed by atoms with Crippen LogP contribution in [0.3, 0.4) is 0 Å². The summed E-state index contributed by atoms with van der Waals surface area (Å²) in [6.45, 7) is 0. The number of carbonyl (C=O) groups is 1. The minimum atomic E-state index is -5.13. The van der Waals surface area contributed by atoms with E-state index < -0.39 is 34.3 Å². The molecule has 0 saturated heterocycles. The molecule has 0 aliphatic heterocycles. The number of rotatable bonds is 4. The molecule has 1 rings (SSSR count). The van der Waals surface area contributed by atoms with Crippen LogP contribution in [-0.2, 0) is 0 Å². The Kier molecular flexibility index (Phi) is 3.69. The van der Waals surface area contributed by atoms with Gasteiger partial charge in [-0.05, 0) is 4.92 Å². The van der Waals surface area contributed by atoms with Gasteiger partial charge in [0.15, 0.2) is 6.29 Å². The highest BCUT2D eigenvalue weighted by molar-refractivity contribution is 5.83. The molecule has 0 saturated carbocycles. The highest BCUT2D eigenvalue weighted by Gasteiger charge is 2.37. The second-order valence-corrected chi connectivity index (χ2v) is 2.82. The van der Waals surface area contributed by atoms with Crippen molar-refractivity contribution in [1.82, 2.24) is 4.98 Å². The van der Waals surface area contributed by atoms with Gasteiger partial charge in [0.2, 0.25) is 0 Å². The van der Waals surface area contributed by atoms with Crippen LogP contribution in [0.1, 0.15) is 10.4 Å². The Labute approximate surface area is 97.3 Å². The van der Waals surface area contributed by atoms with Crippen molar-refractivity contribution in [2.75, 3.05) is 7.11 Å². The van der Waals surface area contributed by atoms with Gasteiger partial charge in [0.05, 0.1) is 13.2 Å². The number of alkyl halides is 3. The molecular formula is C8H5F3N2O5. The molecule has 98 valence electrons. The summed E-state index contributed by atoms with van der Waals surface area (Å²) in [5.41, 5.74) is -0.666. The van der Waals surface area contributed by atoms with Crippen LogP contribution in [0.25, 0.3) is 0 Å². The Morgan fingerprint density at radius 1 is 1.50 bits per heavy atom. The maximum Gasteiger partial charge on any atom is 0.575 e. The van der Waals surface area contributed by atoms with Gasteiger partial charge in [-0.3, -0.25) is 4.79 Å². The summed E-state index contributed by atoms with van der Waals surface area (Å²) in [5.74, 6) is -2.61. The summed E-state index contributed by atoms with van der Waals surface area (Å²) in [4.78, 5) is 23.0. The van der Waals surface area contributed by atoms with Crippen LogP contribution in [0.2, 0.25) is 0 Å². The zero-order chi connectivity index (χ0) is 13.9. The lowest BCUT2D eigenvalue weighted by Gasteiger charge is -2.08. The number of hydrogen-bond donors (Lipinski definition) is 0. The van der Waals surface area contributed by atoms with E-state index in [4.69, 9.17) is 0 Å². The highest BCUT2D eigenvalue weighted by atomic mass is 19.4. The molecule has 0 spiro atoms. The third-order valence-corrected chi connectivity index (χ3v) is 1.71. The quantitative estimate of drug-likeness (QED) is 0.468. The van der Waals surface area contributed by atoms with E-state index in [1.54, 1.807) is 0 Å². The molecule has 0 aromatic carbocycles. The average molecular weight is 266 g/mol. The van der Waals surface area contributed by atoms with Crippen LogP contribution in [0, 0.1) is 10.1 Å². The number of ether oxygens (including phenoxy) is 2. The number of halogens is 3. The van der Waals surface area contributed by atoms with E-state index in [9.17, 15) is 28.1 Å². The first kappa shape index (κ1) is 13.7. The van der Waals surface area contributed by atoms with Crippen LogP contribution in [-0.4, -0.2) is 29.7 Å². The van der Waals surface area contributed by atoms with E-state index in [2.05, 4.69) is 14.5 Å². The number of carbonyl (C=O) groups excluding carboxylic acids is 1. The lowest BCUT2D eigenvalue weighted by atomic mass is 10.2. The third kappa shape index (κ3) is 3.06. The molecule has 0 radical (unpaired) electrons. The van der Waals surface area contributed by atoms with E-state index in [0.717, 1.165) is 7.11 Å². The first-order valence-corrected chi connectivity index (χ1v) is 4.23. The van der Waals surface area contributed by atoms with Gasteiger partial charge in [0.25, 0.3) is 0 Å². The molecule has 10 heteroatoms. The van der Waals surface area contributed by atoms with Crippen LogP contribution in [0.5, 0.6) is 11.6 Å². The minimum Gasteiger partial charge on any atom is -0.495 e. The molecule has 0 atom stereocenters. The van der Waals surface area contributed by atoms with E-state index in [1.807, 2.05) is 0 Å². The van der Waals surface area contributed by atoms with Crippen molar-refractivity contribution in [3.63, 3.8) is 0 Å². The lowest BCUT2D eigenvalue weighted by Crippen LogP contribution is -2.19. The summed E-state index contributed by atoms with van der Waals surface area (Å²) < 4.78 is 44.1. The molecule has 7 nitrogen and oxygen atoms in total. The summed E-state index contributed by atoms with van der Waals surface area (Å²) in [5, 5.41) is 10.4. The zero-order valence-electron chi connectivity index (χ0n) is 8.72. The zero-order valence-corrected chi connectivity index (χ0v) is 8.72. The molecule has 0 aliphatic carbocycles. The van der Waals surface area contributed by atoms with Crippen molar-refractivity contribution >= 4 is 12.1 Å². The predicted octanol–water partition coefficient (Wildman–Crippen LogP) is 1.71. The highest BCUT2D eigenvalue weighted by Crippen LogP contribution is 2.32. The van der Waals surface area contributed by atoms with Crippen LogP contribution in [0.4, 0.5) is 19.0 Å². The number of nitrogens with zero attached hydrogens (tertiary/aromatic N) is 2. The normalized spacial score (nSPS) is 10.9. The Bertz CT molecular complexity index is 488. The molecule has 0 aliphatic rings. The van der Waals surface area contributed by atoms with Crippen molar-refractivity contribution in [2.45, 2.75) is 6.36 Å². The first-order valence-electron chi connectivity index (χ1n) is 4.23. The van der Waals surface area contributed by atoms with Gasteiger partial charge < -0.3 is 19.6 Å². The van der Waals surface area contributed by atoms with Crippen LogP contribution in [0.15, 0.2) is 6.07 Å². The smallest absolute Gasteiger partial charge is 0.495 e. The van der Waals surface area contributed by atoms with Crippen molar-refractivity contribution < 1.29 is 32.4 Å². The Balaban J connectivity index is 3.40. The maximum absolute atomic E-state index is 12.0. The number of hydrogen-bond acceptors (Lipinski definition) is 6. The topological polar surface area (TPSA) is 91.6 Å². The van der Waals surface area contributed by atoms with Gasteiger partial charge in [-0.2, -0.15) is 0 Å². The molecule has 1 heterocycles. The Morgan fingerprint density at radius 3 is 2.50 bits per heavy atom. The number of nitro groups is 1. The summed E-state index contributed by atoms with van der Waals surface area (Å²) in [6, 6.07) is 0.715. The minimum absolute atomic E-state index is 0.00334. The molecular weight excluding hydrogens is 261 g/mol. The molecule has 0 N–H and O–H groups in total. The Morgan fingerprint density at radius 2 is 2.11 bits per heavy atom. The molecule has 0 bridgehead atoms. The predicted molar refractivity (Wildman–Crippen MR) is 49.5 cm³/mol. The van der Waals surface area contributed by atoms with Gasteiger partial charge in [-0.25, -0.2) is 0 Å². The summed E-state index contributed by atoms with van der Waals surface area (Å²) >= 11 is 0. The van der Waals surface area contributed by atoms with Gasteiger partial charge in [0.1, 0.15) is 11.3 Å². The van der Waals surface area contributed by atoms with Crippen molar-refractivity contribution in [3.05, 3.63) is 21.7 Å². The molecule has 0 amide bonds. The largest absolute Gasteiger partial charge is 0.575 e. The fraction of sp³-hybridized carbons (Fsp3) is 0.250. The maximum atomic E-state index is 12.0. The molecule has 1 aromatic rings. The van der Waals surface area contributed by atoms with Gasteiger partial charge in [0, 0.05) is 4.98 Å². The van der Waals surface area contributed by atoms with Crippen molar-refractivity contribution in [1.29, 1.82) is 0 Å². The van der Waals surface area contributed by atoms with E-state index in [-0.39, 0.29) is 6.29 Å². The average Bonchev–Trinajstić information content (AvgIpc) is 2.25. The van der Waals surface area contributed by atoms with Gasteiger partial charge in [-0.1, -0.05) is 0 Å². The van der Waals surface area contributed by atoms with Crippen LogP contribution >= 0.6 is 0 Å². The van der Waals surface area contributed by atoms with Crippen LogP contribution < -0.4 is 9.47 Å². The lowest BCUT2D eigenvalue weighted by molar-refractivity contribution is -0.390. The van der Waals surface area contributed by atoms with E-state index >= 15 is 0 Å². The fourth-order valence-electron chi connectivity index (χ4n) is 1.06. The van der Waals surface area contributed by atoms with E-state index in [0.29, 0.717) is 6.07 Å². The monoisotopic (exact) mass is 266 g/mol. The number of methoxy groups -OCH3 is 1. The third-order valence-electron chi connectivity index (χ3n) is 1.71. The number of aldehydes is 1. The molecule has 1 aromatic heterocycles. The van der Waals surface area contributed by atoms with Gasteiger partial charge in [-0.15, -0.1) is 13.2 Å². The Hall–Kier alpha value is -2.39. The SMILES string of the molecule is COc1cc([N+](=O)[O-])nc(OC(F)(F)F)c1C=O. The summed E-state index contributed by atoms with van der Waals surface area (Å²) in [6.07, 6.45) is -5.14. The number of aromatic nitrogens is 1. The standard InChI is InChI=1S/C8H5F3N2O5/c1-17-5-2-6(13(15)16)12-7(4(5)3-14)18-8(9,10)11/h2-3H,1H3. The molecule has 0 unspecified atom stereocenters. The fourth-order valence-corrected chi connectivity index (χ4v) is 1.06. The van der Waals surface area contributed by atoms with Crippen molar-refractivity contribution in [2.24, 2.45) is 0 Å².